The smallest absolute Gasteiger partial charge is 0.231 e. The highest BCUT2D eigenvalue weighted by atomic mass is 16.7. The maximum Gasteiger partial charge on any atom is 0.231 e. The normalized spacial score (nSPS) is 12.6. The standard InChI is InChI=1S/C17H15N3O2/c1-2-11-5-3-4-6-13(11)17-18-16(19-20-17)12-7-8-14-15(9-12)22-10-21-14/h3-9H,2,10H2,1H3,(H,18,19,20). The molecule has 22 heavy (non-hydrogen) atoms. The van der Waals surface area contributed by atoms with Crippen molar-refractivity contribution in [2.45, 2.75) is 13.3 Å². The SMILES string of the molecule is CCc1ccccc1-c1nc(-c2ccc3c(c2)OCO3)n[nH]1. The van der Waals surface area contributed by atoms with Crippen molar-refractivity contribution in [1.29, 1.82) is 0 Å². The van der Waals surface area contributed by atoms with Crippen LogP contribution in [-0.2, 0) is 6.42 Å². The topological polar surface area (TPSA) is 60.0 Å². The van der Waals surface area contributed by atoms with E-state index < -0.39 is 0 Å². The van der Waals surface area contributed by atoms with Crippen molar-refractivity contribution in [2.75, 3.05) is 6.79 Å². The average molecular weight is 293 g/mol. The van der Waals surface area contributed by atoms with E-state index in [1.165, 1.54) is 5.56 Å². The van der Waals surface area contributed by atoms with E-state index in [1.807, 2.05) is 30.3 Å². The Hall–Kier alpha value is -2.82. The number of hydrogen-bond donors (Lipinski definition) is 1. The Morgan fingerprint density at radius 3 is 2.86 bits per heavy atom. The Labute approximate surface area is 127 Å². The van der Waals surface area contributed by atoms with E-state index >= 15 is 0 Å². The Bertz CT molecular complexity index is 826. The van der Waals surface area contributed by atoms with Gasteiger partial charge in [-0.05, 0) is 30.2 Å². The third-order valence-corrected chi connectivity index (χ3v) is 3.77. The van der Waals surface area contributed by atoms with Crippen LogP contribution in [0.1, 0.15) is 12.5 Å². The highest BCUT2D eigenvalue weighted by Gasteiger charge is 2.16. The predicted octanol–water partition coefficient (Wildman–Crippen LogP) is 3.43. The Morgan fingerprint density at radius 1 is 1.09 bits per heavy atom. The molecule has 1 aromatic heterocycles. The van der Waals surface area contributed by atoms with Crippen LogP contribution in [0.25, 0.3) is 22.8 Å². The first-order chi connectivity index (χ1) is 10.8. The number of H-pyrrole nitrogens is 1. The van der Waals surface area contributed by atoms with E-state index in [4.69, 9.17) is 9.47 Å². The fourth-order valence-corrected chi connectivity index (χ4v) is 2.61. The van der Waals surface area contributed by atoms with Gasteiger partial charge < -0.3 is 9.47 Å². The van der Waals surface area contributed by atoms with Crippen molar-refractivity contribution in [3.05, 3.63) is 48.0 Å². The molecule has 5 heteroatoms. The van der Waals surface area contributed by atoms with Crippen molar-refractivity contribution in [1.82, 2.24) is 15.2 Å². The van der Waals surface area contributed by atoms with Crippen LogP contribution in [0.4, 0.5) is 0 Å². The summed E-state index contributed by atoms with van der Waals surface area (Å²) in [6, 6.07) is 13.9. The molecule has 2 aromatic carbocycles. The second-order valence-electron chi connectivity index (χ2n) is 5.09. The molecule has 4 rings (SSSR count). The van der Waals surface area contributed by atoms with Crippen LogP contribution in [-0.4, -0.2) is 22.0 Å². The van der Waals surface area contributed by atoms with Crippen LogP contribution in [0.2, 0.25) is 0 Å². The van der Waals surface area contributed by atoms with Crippen LogP contribution >= 0.6 is 0 Å². The number of hydrogen-bond acceptors (Lipinski definition) is 4. The van der Waals surface area contributed by atoms with Gasteiger partial charge >= 0.3 is 0 Å². The lowest BCUT2D eigenvalue weighted by Crippen LogP contribution is -1.92. The molecule has 1 N–H and O–H groups in total. The van der Waals surface area contributed by atoms with Crippen LogP contribution in [0.5, 0.6) is 11.5 Å². The minimum Gasteiger partial charge on any atom is -0.454 e. The number of ether oxygens (including phenoxy) is 2. The number of aromatic amines is 1. The lowest BCUT2D eigenvalue weighted by Gasteiger charge is -2.03. The zero-order chi connectivity index (χ0) is 14.9. The molecule has 1 aliphatic heterocycles. The van der Waals surface area contributed by atoms with Crippen molar-refractivity contribution in [2.24, 2.45) is 0 Å². The second kappa shape index (κ2) is 5.18. The van der Waals surface area contributed by atoms with Gasteiger partial charge in [-0.1, -0.05) is 31.2 Å². The molecule has 0 spiro atoms. The maximum absolute atomic E-state index is 5.40. The number of aromatic nitrogens is 3. The molecule has 0 bridgehead atoms. The summed E-state index contributed by atoms with van der Waals surface area (Å²) in [7, 11) is 0. The molecule has 0 saturated heterocycles. The largest absolute Gasteiger partial charge is 0.454 e. The fourth-order valence-electron chi connectivity index (χ4n) is 2.61. The summed E-state index contributed by atoms with van der Waals surface area (Å²) >= 11 is 0. The van der Waals surface area contributed by atoms with Gasteiger partial charge in [0.25, 0.3) is 0 Å². The minimum atomic E-state index is 0.266. The predicted molar refractivity (Wildman–Crippen MR) is 82.8 cm³/mol. The summed E-state index contributed by atoms with van der Waals surface area (Å²) < 4.78 is 10.7. The second-order valence-corrected chi connectivity index (χ2v) is 5.09. The van der Waals surface area contributed by atoms with E-state index in [0.29, 0.717) is 5.82 Å². The number of aryl methyl sites for hydroxylation is 1. The summed E-state index contributed by atoms with van der Waals surface area (Å²) in [5.74, 6) is 2.93. The number of nitrogens with one attached hydrogen (secondary N) is 1. The zero-order valence-corrected chi connectivity index (χ0v) is 12.2. The molecule has 110 valence electrons. The van der Waals surface area contributed by atoms with E-state index in [2.05, 4.69) is 34.2 Å². The molecule has 0 atom stereocenters. The van der Waals surface area contributed by atoms with Crippen molar-refractivity contribution in [3.63, 3.8) is 0 Å². The zero-order valence-electron chi connectivity index (χ0n) is 12.2. The molecule has 0 amide bonds. The fraction of sp³-hybridized carbons (Fsp3) is 0.176. The van der Waals surface area contributed by atoms with Gasteiger partial charge in [-0.25, -0.2) is 4.98 Å². The van der Waals surface area contributed by atoms with Gasteiger partial charge in [0, 0.05) is 11.1 Å². The average Bonchev–Trinajstić information content (AvgIpc) is 3.23. The molecule has 1 aliphatic rings. The van der Waals surface area contributed by atoms with Crippen LogP contribution in [0.15, 0.2) is 42.5 Å². The highest BCUT2D eigenvalue weighted by molar-refractivity contribution is 5.66. The van der Waals surface area contributed by atoms with Gasteiger partial charge in [0.05, 0.1) is 0 Å². The number of nitrogens with zero attached hydrogens (tertiary/aromatic N) is 2. The first kappa shape index (κ1) is 12.9. The van der Waals surface area contributed by atoms with Gasteiger partial charge in [-0.15, -0.1) is 0 Å². The summed E-state index contributed by atoms with van der Waals surface area (Å²) in [6.07, 6.45) is 0.955. The maximum atomic E-state index is 5.40. The lowest BCUT2D eigenvalue weighted by molar-refractivity contribution is 0.174. The van der Waals surface area contributed by atoms with E-state index in [9.17, 15) is 0 Å². The molecule has 0 saturated carbocycles. The lowest BCUT2D eigenvalue weighted by atomic mass is 10.1. The van der Waals surface area contributed by atoms with Crippen molar-refractivity contribution < 1.29 is 9.47 Å². The van der Waals surface area contributed by atoms with Gasteiger partial charge in [0.1, 0.15) is 0 Å². The van der Waals surface area contributed by atoms with Gasteiger partial charge in [-0.3, -0.25) is 5.10 Å². The first-order valence-electron chi connectivity index (χ1n) is 7.26. The third-order valence-electron chi connectivity index (χ3n) is 3.77. The van der Waals surface area contributed by atoms with Gasteiger partial charge in [-0.2, -0.15) is 5.10 Å². The number of benzene rings is 2. The molecule has 0 unspecified atom stereocenters. The van der Waals surface area contributed by atoms with E-state index in [-0.39, 0.29) is 6.79 Å². The van der Waals surface area contributed by atoms with Crippen LogP contribution in [0.3, 0.4) is 0 Å². The van der Waals surface area contributed by atoms with Crippen LogP contribution in [0, 0.1) is 0 Å². The van der Waals surface area contributed by atoms with E-state index in [1.54, 1.807) is 0 Å². The van der Waals surface area contributed by atoms with Gasteiger partial charge in [0.15, 0.2) is 23.1 Å². The molecule has 2 heterocycles. The number of rotatable bonds is 3. The molecular formula is C17H15N3O2. The van der Waals surface area contributed by atoms with Crippen LogP contribution < -0.4 is 9.47 Å². The molecule has 0 aliphatic carbocycles. The molecule has 5 nitrogen and oxygen atoms in total. The Morgan fingerprint density at radius 2 is 1.95 bits per heavy atom. The summed E-state index contributed by atoms with van der Waals surface area (Å²) in [5, 5.41) is 7.36. The molecule has 3 aromatic rings. The monoisotopic (exact) mass is 293 g/mol. The Balaban J connectivity index is 1.72. The van der Waals surface area contributed by atoms with Crippen molar-refractivity contribution >= 4 is 0 Å². The van der Waals surface area contributed by atoms with E-state index in [0.717, 1.165) is 34.9 Å². The summed E-state index contributed by atoms with van der Waals surface area (Å²) in [6.45, 7) is 2.40. The number of fused-ring (bicyclic) bond motifs is 1. The molecule has 0 fully saturated rings. The summed E-state index contributed by atoms with van der Waals surface area (Å²) in [5.41, 5.74) is 3.24. The third kappa shape index (κ3) is 2.11. The van der Waals surface area contributed by atoms with Crippen molar-refractivity contribution in [3.8, 4) is 34.3 Å². The van der Waals surface area contributed by atoms with Gasteiger partial charge in [0.2, 0.25) is 6.79 Å². The Kier molecular flexibility index (Phi) is 3.04. The minimum absolute atomic E-state index is 0.266. The molecule has 0 radical (unpaired) electrons. The molecular weight excluding hydrogens is 278 g/mol. The highest BCUT2D eigenvalue weighted by Crippen LogP contribution is 2.35. The quantitative estimate of drug-likeness (QED) is 0.803. The summed E-state index contributed by atoms with van der Waals surface area (Å²) in [4.78, 5) is 4.62. The first-order valence-corrected chi connectivity index (χ1v) is 7.26.